The summed E-state index contributed by atoms with van der Waals surface area (Å²) < 4.78 is 7.35. The number of hydrogen-bond donors (Lipinski definition) is 1. The Morgan fingerprint density at radius 1 is 1.38 bits per heavy atom. The fourth-order valence-electron chi connectivity index (χ4n) is 3.70. The molecule has 1 heterocycles. The molecule has 1 aliphatic carbocycles. The van der Waals surface area contributed by atoms with Crippen LogP contribution >= 0.6 is 0 Å². The summed E-state index contributed by atoms with van der Waals surface area (Å²) in [6.07, 6.45) is 6.85. The van der Waals surface area contributed by atoms with Crippen LogP contribution in [-0.2, 0) is 7.05 Å². The van der Waals surface area contributed by atoms with Crippen molar-refractivity contribution in [1.29, 1.82) is 0 Å². The number of hydrogen-bond acceptors (Lipinski definition) is 4. The predicted octanol–water partition coefficient (Wildman–Crippen LogP) is 2.25. The van der Waals surface area contributed by atoms with Crippen LogP contribution in [0.1, 0.15) is 49.4 Å². The van der Waals surface area contributed by atoms with Crippen molar-refractivity contribution in [3.63, 3.8) is 0 Å². The predicted molar refractivity (Wildman–Crippen MR) is 85.5 cm³/mol. The van der Waals surface area contributed by atoms with Crippen LogP contribution in [0.5, 0.6) is 5.88 Å². The standard InChI is InChI=1S/C16H30N4O/c1-12-15(16(21-4)20(3)18-12)14(10-17)19(2)11-13-8-6-5-7-9-13/h13-14H,5-11,17H2,1-4H3. The minimum Gasteiger partial charge on any atom is -0.481 e. The van der Waals surface area contributed by atoms with Crippen LogP contribution in [0.4, 0.5) is 0 Å². The van der Waals surface area contributed by atoms with E-state index in [-0.39, 0.29) is 6.04 Å². The van der Waals surface area contributed by atoms with Crippen LogP contribution in [0.25, 0.3) is 0 Å². The number of nitrogens with two attached hydrogens (primary N) is 1. The van der Waals surface area contributed by atoms with E-state index in [2.05, 4.69) is 17.0 Å². The Hall–Kier alpha value is -1.07. The molecule has 1 aromatic rings. The van der Waals surface area contributed by atoms with Gasteiger partial charge in [0.15, 0.2) is 0 Å². The monoisotopic (exact) mass is 294 g/mol. The van der Waals surface area contributed by atoms with Crippen LogP contribution in [0.2, 0.25) is 0 Å². The molecule has 2 N–H and O–H groups in total. The summed E-state index contributed by atoms with van der Waals surface area (Å²) in [5, 5.41) is 4.49. The van der Waals surface area contributed by atoms with Gasteiger partial charge >= 0.3 is 0 Å². The number of aromatic nitrogens is 2. The molecule has 0 spiro atoms. The maximum absolute atomic E-state index is 6.08. The lowest BCUT2D eigenvalue weighted by molar-refractivity contribution is 0.182. The molecular formula is C16H30N4O. The third-order valence-corrected chi connectivity index (χ3v) is 4.77. The van der Waals surface area contributed by atoms with Gasteiger partial charge in [-0.1, -0.05) is 19.3 Å². The van der Waals surface area contributed by atoms with Crippen molar-refractivity contribution in [2.45, 2.75) is 45.1 Å². The maximum atomic E-state index is 6.08. The average Bonchev–Trinajstić information content (AvgIpc) is 2.75. The minimum atomic E-state index is 0.176. The van der Waals surface area contributed by atoms with Crippen LogP contribution < -0.4 is 10.5 Å². The molecule has 0 aromatic carbocycles. The molecule has 1 aromatic heterocycles. The summed E-state index contributed by atoms with van der Waals surface area (Å²) >= 11 is 0. The lowest BCUT2D eigenvalue weighted by atomic mass is 9.88. The zero-order chi connectivity index (χ0) is 15.4. The van der Waals surface area contributed by atoms with Gasteiger partial charge in [-0.3, -0.25) is 4.90 Å². The van der Waals surface area contributed by atoms with Crippen LogP contribution in [0.3, 0.4) is 0 Å². The summed E-state index contributed by atoms with van der Waals surface area (Å²) in [4.78, 5) is 2.39. The van der Waals surface area contributed by atoms with Crippen LogP contribution in [-0.4, -0.2) is 41.9 Å². The Bertz CT molecular complexity index is 451. The number of rotatable bonds is 6. The van der Waals surface area contributed by atoms with Crippen molar-refractivity contribution in [2.24, 2.45) is 18.7 Å². The first-order valence-electron chi connectivity index (χ1n) is 8.06. The van der Waals surface area contributed by atoms with Gasteiger partial charge in [-0.05, 0) is 32.7 Å². The van der Waals surface area contributed by atoms with Gasteiger partial charge in [-0.2, -0.15) is 5.10 Å². The SMILES string of the molecule is COc1c(C(CN)N(C)CC2CCCCC2)c(C)nn1C. The van der Waals surface area contributed by atoms with Crippen molar-refractivity contribution in [2.75, 3.05) is 27.2 Å². The number of nitrogens with zero attached hydrogens (tertiary/aromatic N) is 3. The molecule has 1 fully saturated rings. The van der Waals surface area contributed by atoms with Gasteiger partial charge in [0, 0.05) is 20.1 Å². The fraction of sp³-hybridized carbons (Fsp3) is 0.812. The molecule has 1 aliphatic rings. The molecule has 5 heteroatoms. The Labute approximate surface area is 128 Å². The first kappa shape index (κ1) is 16.3. The van der Waals surface area contributed by atoms with E-state index in [0.717, 1.165) is 29.6 Å². The van der Waals surface area contributed by atoms with Crippen molar-refractivity contribution < 1.29 is 4.74 Å². The lowest BCUT2D eigenvalue weighted by Crippen LogP contribution is -2.35. The molecule has 1 atom stereocenters. The second kappa shape index (κ2) is 7.27. The van der Waals surface area contributed by atoms with Crippen LogP contribution in [0, 0.1) is 12.8 Å². The van der Waals surface area contributed by atoms with E-state index >= 15 is 0 Å². The zero-order valence-corrected chi connectivity index (χ0v) is 13.9. The van der Waals surface area contributed by atoms with E-state index < -0.39 is 0 Å². The van der Waals surface area contributed by atoms with E-state index in [1.165, 1.54) is 32.1 Å². The largest absolute Gasteiger partial charge is 0.481 e. The van der Waals surface area contributed by atoms with Crippen molar-refractivity contribution in [3.05, 3.63) is 11.3 Å². The third kappa shape index (κ3) is 3.58. The molecule has 0 aliphatic heterocycles. The Kier molecular flexibility index (Phi) is 5.65. The molecule has 2 rings (SSSR count). The molecular weight excluding hydrogens is 264 g/mol. The maximum Gasteiger partial charge on any atom is 0.216 e. The minimum absolute atomic E-state index is 0.176. The Balaban J connectivity index is 2.14. The van der Waals surface area contributed by atoms with Crippen LogP contribution in [0.15, 0.2) is 0 Å². The number of ether oxygens (including phenoxy) is 1. The highest BCUT2D eigenvalue weighted by Gasteiger charge is 2.27. The topological polar surface area (TPSA) is 56.3 Å². The number of methoxy groups -OCH3 is 1. The summed E-state index contributed by atoms with van der Waals surface area (Å²) in [6.45, 7) is 3.74. The van der Waals surface area contributed by atoms with Gasteiger partial charge in [0.25, 0.3) is 0 Å². The molecule has 1 saturated carbocycles. The van der Waals surface area contributed by atoms with Gasteiger partial charge < -0.3 is 10.5 Å². The quantitative estimate of drug-likeness (QED) is 0.874. The van der Waals surface area contributed by atoms with E-state index in [0.29, 0.717) is 6.54 Å². The molecule has 0 radical (unpaired) electrons. The highest BCUT2D eigenvalue weighted by atomic mass is 16.5. The van der Waals surface area contributed by atoms with Crippen molar-refractivity contribution >= 4 is 0 Å². The van der Waals surface area contributed by atoms with E-state index in [4.69, 9.17) is 10.5 Å². The normalized spacial score (nSPS) is 18.2. The summed E-state index contributed by atoms with van der Waals surface area (Å²) in [7, 11) is 5.80. The fourth-order valence-corrected chi connectivity index (χ4v) is 3.70. The second-order valence-electron chi connectivity index (χ2n) is 6.33. The lowest BCUT2D eigenvalue weighted by Gasteiger charge is -2.32. The first-order chi connectivity index (χ1) is 10.1. The molecule has 0 amide bonds. The van der Waals surface area contributed by atoms with Gasteiger partial charge in [0.2, 0.25) is 5.88 Å². The van der Waals surface area contributed by atoms with Crippen molar-refractivity contribution in [3.8, 4) is 5.88 Å². The summed E-state index contributed by atoms with van der Waals surface area (Å²) in [6, 6.07) is 0.176. The summed E-state index contributed by atoms with van der Waals surface area (Å²) in [5.41, 5.74) is 8.23. The molecule has 0 bridgehead atoms. The third-order valence-electron chi connectivity index (χ3n) is 4.77. The van der Waals surface area contributed by atoms with Gasteiger partial charge in [0.1, 0.15) is 0 Å². The highest BCUT2D eigenvalue weighted by molar-refractivity contribution is 5.34. The first-order valence-corrected chi connectivity index (χ1v) is 8.06. The number of likely N-dealkylation sites (N-methyl/N-ethyl adjacent to an activating group) is 1. The molecule has 1 unspecified atom stereocenters. The van der Waals surface area contributed by atoms with Gasteiger partial charge in [-0.15, -0.1) is 0 Å². The second-order valence-corrected chi connectivity index (χ2v) is 6.33. The highest BCUT2D eigenvalue weighted by Crippen LogP contribution is 2.32. The van der Waals surface area contributed by atoms with E-state index in [1.807, 2.05) is 18.7 Å². The average molecular weight is 294 g/mol. The van der Waals surface area contributed by atoms with E-state index in [9.17, 15) is 0 Å². The molecule has 0 saturated heterocycles. The van der Waals surface area contributed by atoms with Crippen molar-refractivity contribution in [1.82, 2.24) is 14.7 Å². The zero-order valence-electron chi connectivity index (χ0n) is 13.9. The molecule has 21 heavy (non-hydrogen) atoms. The van der Waals surface area contributed by atoms with Gasteiger partial charge in [-0.25, -0.2) is 4.68 Å². The summed E-state index contributed by atoms with van der Waals surface area (Å²) in [5.74, 6) is 1.64. The Morgan fingerprint density at radius 2 is 2.05 bits per heavy atom. The van der Waals surface area contributed by atoms with E-state index in [1.54, 1.807) is 7.11 Å². The van der Waals surface area contributed by atoms with Gasteiger partial charge in [0.05, 0.1) is 24.4 Å². The number of aryl methyl sites for hydroxylation is 2. The Morgan fingerprint density at radius 3 is 2.62 bits per heavy atom. The molecule has 120 valence electrons. The molecule has 5 nitrogen and oxygen atoms in total. The smallest absolute Gasteiger partial charge is 0.216 e.